The van der Waals surface area contributed by atoms with Gasteiger partial charge in [-0.3, -0.25) is 4.79 Å². The zero-order valence-corrected chi connectivity index (χ0v) is 13.3. The molecule has 1 aromatic heterocycles. The maximum absolute atomic E-state index is 11.9. The molecule has 116 valence electrons. The molecule has 3 aromatic rings. The lowest BCUT2D eigenvalue weighted by molar-refractivity contribution is -0.121. The highest BCUT2D eigenvalue weighted by atomic mass is 32.2. The Morgan fingerprint density at radius 3 is 2.83 bits per heavy atom. The van der Waals surface area contributed by atoms with E-state index in [1.54, 1.807) is 22.7 Å². The maximum atomic E-state index is 11.9. The van der Waals surface area contributed by atoms with Crippen LogP contribution in [0, 0.1) is 0 Å². The number of hydrogen-bond donors (Lipinski definition) is 1. The molecule has 0 fully saturated rings. The molecule has 0 unspecified atom stereocenters. The van der Waals surface area contributed by atoms with Crippen molar-refractivity contribution in [1.82, 2.24) is 20.4 Å². The highest BCUT2D eigenvalue weighted by Gasteiger charge is 2.07. The van der Waals surface area contributed by atoms with Crippen molar-refractivity contribution in [2.24, 2.45) is 5.10 Å². The molecular weight excluding hydrogens is 310 g/mol. The highest BCUT2D eigenvalue weighted by Crippen LogP contribution is 2.13. The predicted molar refractivity (Wildman–Crippen MR) is 91.5 cm³/mol. The minimum absolute atomic E-state index is 0.0727. The average molecular weight is 325 g/mol. The van der Waals surface area contributed by atoms with Gasteiger partial charge in [-0.25, -0.2) is 10.1 Å². The number of amides is 1. The normalized spacial score (nSPS) is 11.2. The van der Waals surface area contributed by atoms with Crippen molar-refractivity contribution in [3.05, 3.63) is 54.1 Å². The summed E-state index contributed by atoms with van der Waals surface area (Å²) in [5.74, 6) is -0.252. The molecule has 23 heavy (non-hydrogen) atoms. The van der Waals surface area contributed by atoms with E-state index in [9.17, 15) is 4.79 Å². The van der Waals surface area contributed by atoms with Crippen molar-refractivity contribution in [2.45, 2.75) is 11.4 Å². The summed E-state index contributed by atoms with van der Waals surface area (Å²) in [4.78, 5) is 13.1. The van der Waals surface area contributed by atoms with Gasteiger partial charge < -0.3 is 0 Å². The van der Waals surface area contributed by atoms with Crippen LogP contribution >= 0.6 is 11.8 Å². The summed E-state index contributed by atoms with van der Waals surface area (Å²) in [5.41, 5.74) is 5.01. The topological polar surface area (TPSA) is 72.2 Å². The Bertz CT molecular complexity index is 841. The third-order valence-corrected chi connectivity index (χ3v) is 3.98. The van der Waals surface area contributed by atoms with Gasteiger partial charge in [0, 0.05) is 4.90 Å². The zero-order chi connectivity index (χ0) is 16.1. The molecule has 0 bridgehead atoms. The molecule has 0 saturated heterocycles. The molecular formula is C16H15N5OS. The van der Waals surface area contributed by atoms with Gasteiger partial charge in [-0.15, -0.1) is 16.9 Å². The van der Waals surface area contributed by atoms with E-state index in [1.807, 2.05) is 54.8 Å². The standard InChI is InChI=1S/C16H15N5OS/c1-23-13-8-6-12(7-9-13)10-17-19-16(22)11-21-15-5-3-2-4-14(15)18-20-21/h2-10H,11H2,1H3,(H,19,22)/b17-10-. The Balaban J connectivity index is 1.59. The van der Waals surface area contributed by atoms with Crippen LogP contribution in [0.1, 0.15) is 5.56 Å². The minimum Gasteiger partial charge on any atom is -0.271 e. The summed E-state index contributed by atoms with van der Waals surface area (Å²) in [5, 5.41) is 11.9. The monoisotopic (exact) mass is 325 g/mol. The SMILES string of the molecule is CSc1ccc(/C=N\NC(=O)Cn2nnc3ccccc32)cc1. The summed E-state index contributed by atoms with van der Waals surface area (Å²) in [6, 6.07) is 15.4. The van der Waals surface area contributed by atoms with Crippen molar-refractivity contribution < 1.29 is 4.79 Å². The molecule has 0 radical (unpaired) electrons. The van der Waals surface area contributed by atoms with Gasteiger partial charge in [-0.2, -0.15) is 5.10 Å². The lowest BCUT2D eigenvalue weighted by Gasteiger charge is -2.01. The molecule has 1 heterocycles. The van der Waals surface area contributed by atoms with Gasteiger partial charge in [0.1, 0.15) is 12.1 Å². The van der Waals surface area contributed by atoms with Crippen LogP contribution in [-0.4, -0.2) is 33.4 Å². The molecule has 0 atom stereocenters. The number of carbonyl (C=O) groups is 1. The first kappa shape index (κ1) is 15.2. The van der Waals surface area contributed by atoms with Crippen LogP contribution < -0.4 is 5.43 Å². The largest absolute Gasteiger partial charge is 0.271 e. The Morgan fingerprint density at radius 2 is 2.04 bits per heavy atom. The first-order valence-electron chi connectivity index (χ1n) is 7.00. The zero-order valence-electron chi connectivity index (χ0n) is 12.5. The number of fused-ring (bicyclic) bond motifs is 1. The number of thioether (sulfide) groups is 1. The summed E-state index contributed by atoms with van der Waals surface area (Å²) in [6.07, 6.45) is 3.64. The highest BCUT2D eigenvalue weighted by molar-refractivity contribution is 7.98. The summed E-state index contributed by atoms with van der Waals surface area (Å²) in [7, 11) is 0. The molecule has 0 aliphatic carbocycles. The van der Waals surface area contributed by atoms with Crippen molar-refractivity contribution in [1.29, 1.82) is 0 Å². The van der Waals surface area contributed by atoms with E-state index in [0.717, 1.165) is 16.6 Å². The lowest BCUT2D eigenvalue weighted by atomic mass is 10.2. The van der Waals surface area contributed by atoms with Gasteiger partial charge >= 0.3 is 0 Å². The Morgan fingerprint density at radius 1 is 1.26 bits per heavy atom. The van der Waals surface area contributed by atoms with E-state index < -0.39 is 0 Å². The first-order chi connectivity index (χ1) is 11.3. The van der Waals surface area contributed by atoms with E-state index in [0.29, 0.717) is 0 Å². The second-order valence-electron chi connectivity index (χ2n) is 4.80. The number of nitrogens with zero attached hydrogens (tertiary/aromatic N) is 4. The second kappa shape index (κ2) is 7.06. The van der Waals surface area contributed by atoms with Gasteiger partial charge in [0.05, 0.1) is 11.7 Å². The molecule has 7 heteroatoms. The number of hydrogen-bond acceptors (Lipinski definition) is 5. The predicted octanol–water partition coefficient (Wildman–Crippen LogP) is 2.30. The summed E-state index contributed by atoms with van der Waals surface area (Å²) < 4.78 is 1.55. The fourth-order valence-electron chi connectivity index (χ4n) is 2.07. The molecule has 0 aliphatic heterocycles. The van der Waals surface area contributed by atoms with E-state index in [4.69, 9.17) is 0 Å². The molecule has 3 rings (SSSR count). The van der Waals surface area contributed by atoms with E-state index in [-0.39, 0.29) is 12.5 Å². The van der Waals surface area contributed by atoms with E-state index in [1.165, 1.54) is 4.90 Å². The first-order valence-corrected chi connectivity index (χ1v) is 8.23. The number of hydrazone groups is 1. The smallest absolute Gasteiger partial charge is 0.261 e. The number of rotatable bonds is 5. The lowest BCUT2D eigenvalue weighted by Crippen LogP contribution is -2.23. The van der Waals surface area contributed by atoms with E-state index in [2.05, 4.69) is 20.8 Å². The maximum Gasteiger partial charge on any atom is 0.261 e. The van der Waals surface area contributed by atoms with Crippen molar-refractivity contribution in [2.75, 3.05) is 6.26 Å². The number of carbonyl (C=O) groups excluding carboxylic acids is 1. The Kier molecular flexibility index (Phi) is 4.68. The van der Waals surface area contributed by atoms with Crippen molar-refractivity contribution in [3.63, 3.8) is 0 Å². The van der Waals surface area contributed by atoms with Crippen LogP contribution in [-0.2, 0) is 11.3 Å². The Labute approximate surface area is 137 Å². The van der Waals surface area contributed by atoms with Crippen LogP contribution in [0.4, 0.5) is 0 Å². The van der Waals surface area contributed by atoms with E-state index >= 15 is 0 Å². The Hall–Kier alpha value is -2.67. The van der Waals surface area contributed by atoms with Gasteiger partial charge in [0.15, 0.2) is 0 Å². The van der Waals surface area contributed by atoms with Gasteiger partial charge in [0.25, 0.3) is 5.91 Å². The number of para-hydroxylation sites is 1. The van der Waals surface area contributed by atoms with Crippen LogP contribution in [0.15, 0.2) is 58.5 Å². The fourth-order valence-corrected chi connectivity index (χ4v) is 2.48. The van der Waals surface area contributed by atoms with Crippen LogP contribution in [0.3, 0.4) is 0 Å². The minimum atomic E-state index is -0.252. The van der Waals surface area contributed by atoms with Gasteiger partial charge in [-0.1, -0.05) is 29.5 Å². The number of benzene rings is 2. The molecule has 0 saturated carbocycles. The molecule has 1 amide bonds. The van der Waals surface area contributed by atoms with Crippen LogP contribution in [0.5, 0.6) is 0 Å². The third-order valence-electron chi connectivity index (χ3n) is 3.23. The third kappa shape index (κ3) is 3.75. The summed E-state index contributed by atoms with van der Waals surface area (Å²) >= 11 is 1.68. The van der Waals surface area contributed by atoms with Crippen LogP contribution in [0.2, 0.25) is 0 Å². The van der Waals surface area contributed by atoms with Gasteiger partial charge in [0.2, 0.25) is 0 Å². The molecule has 0 aliphatic rings. The quantitative estimate of drug-likeness (QED) is 0.444. The van der Waals surface area contributed by atoms with Crippen molar-refractivity contribution >= 4 is 34.9 Å². The molecule has 0 spiro atoms. The average Bonchev–Trinajstić information content (AvgIpc) is 2.99. The van der Waals surface area contributed by atoms with Crippen LogP contribution in [0.25, 0.3) is 11.0 Å². The summed E-state index contributed by atoms with van der Waals surface area (Å²) in [6.45, 7) is 0.0727. The number of aromatic nitrogens is 3. The van der Waals surface area contributed by atoms with Gasteiger partial charge in [-0.05, 0) is 36.1 Å². The fraction of sp³-hybridized carbons (Fsp3) is 0.125. The molecule has 2 aromatic carbocycles. The molecule has 1 N–H and O–H groups in total. The number of nitrogens with one attached hydrogen (secondary N) is 1. The molecule has 6 nitrogen and oxygen atoms in total. The second-order valence-corrected chi connectivity index (χ2v) is 5.68. The van der Waals surface area contributed by atoms with Crippen molar-refractivity contribution in [3.8, 4) is 0 Å².